The third-order valence-corrected chi connectivity index (χ3v) is 6.36. The van der Waals surface area contributed by atoms with E-state index in [1.807, 2.05) is 0 Å². The first kappa shape index (κ1) is 23.2. The Balaban J connectivity index is 2.08. The monoisotopic (exact) mass is 542 g/mol. The Kier molecular flexibility index (Phi) is 6.65. The fraction of sp³-hybridized carbons (Fsp3) is 0.211. The number of alkyl halides is 3. The van der Waals surface area contributed by atoms with Crippen LogP contribution in [0.2, 0.25) is 15.1 Å². The summed E-state index contributed by atoms with van der Waals surface area (Å²) in [5.41, 5.74) is 0.388. The summed E-state index contributed by atoms with van der Waals surface area (Å²) in [6.45, 7) is 1.57. The van der Waals surface area contributed by atoms with Gasteiger partial charge in [0.25, 0.3) is 0 Å². The van der Waals surface area contributed by atoms with Crippen LogP contribution in [0, 0.1) is 0 Å². The van der Waals surface area contributed by atoms with Crippen molar-refractivity contribution in [3.63, 3.8) is 0 Å². The quantitative estimate of drug-likeness (QED) is 0.440. The molecule has 1 unspecified atom stereocenters. The lowest BCUT2D eigenvalue weighted by atomic mass is 9.91. The number of amides is 1. The highest BCUT2D eigenvalue weighted by molar-refractivity contribution is 9.10. The Bertz CT molecular complexity index is 1020. The number of halogens is 7. The maximum Gasteiger partial charge on any atom is 0.428 e. The van der Waals surface area contributed by atoms with Crippen LogP contribution in [0.1, 0.15) is 23.6 Å². The van der Waals surface area contributed by atoms with Gasteiger partial charge in [0.2, 0.25) is 11.5 Å². The zero-order valence-electron chi connectivity index (χ0n) is 15.1. The molecule has 1 amide bonds. The van der Waals surface area contributed by atoms with Crippen molar-refractivity contribution >= 4 is 62.3 Å². The lowest BCUT2D eigenvalue weighted by Crippen LogP contribution is -2.42. The van der Waals surface area contributed by atoms with Crippen molar-refractivity contribution in [1.82, 2.24) is 10.8 Å². The van der Waals surface area contributed by atoms with Gasteiger partial charge in [-0.1, -0.05) is 56.8 Å². The van der Waals surface area contributed by atoms with Crippen LogP contribution in [0.3, 0.4) is 0 Å². The predicted octanol–water partition coefficient (Wildman–Crippen LogP) is 6.38. The van der Waals surface area contributed by atoms with Gasteiger partial charge >= 0.3 is 6.18 Å². The standard InChI is InChI=1S/C19H13BrCl3F3N2O2/c1-9(29)27-8-11-4-10(2-3-13(11)20)16-7-18(30-28-16,19(24,25)26)12-5-14(21)17(23)15(22)6-12/h2-7,28H,8H2,1H3,(H,27,29). The summed E-state index contributed by atoms with van der Waals surface area (Å²) < 4.78 is 43.1. The van der Waals surface area contributed by atoms with E-state index in [1.54, 1.807) is 18.2 Å². The lowest BCUT2D eigenvalue weighted by Gasteiger charge is -2.29. The van der Waals surface area contributed by atoms with Crippen molar-refractivity contribution in [2.75, 3.05) is 0 Å². The number of hydrogen-bond acceptors (Lipinski definition) is 3. The summed E-state index contributed by atoms with van der Waals surface area (Å²) in [5.74, 6) is -0.235. The van der Waals surface area contributed by atoms with Crippen molar-refractivity contribution in [3.8, 4) is 0 Å². The van der Waals surface area contributed by atoms with Crippen molar-refractivity contribution < 1.29 is 22.8 Å². The van der Waals surface area contributed by atoms with E-state index in [0.29, 0.717) is 15.6 Å². The van der Waals surface area contributed by atoms with E-state index >= 15 is 0 Å². The van der Waals surface area contributed by atoms with Crippen LogP contribution in [-0.4, -0.2) is 12.1 Å². The Hall–Kier alpha value is -1.45. The number of hydrogen-bond donors (Lipinski definition) is 2. The molecule has 0 aromatic heterocycles. The SMILES string of the molecule is CC(=O)NCc1cc(C2=CC(c3cc(Cl)c(Cl)c(Cl)c3)(C(F)(F)F)ON2)ccc1Br. The Morgan fingerprint density at radius 1 is 1.20 bits per heavy atom. The molecule has 2 N–H and O–H groups in total. The Morgan fingerprint density at radius 2 is 1.83 bits per heavy atom. The van der Waals surface area contributed by atoms with E-state index in [-0.39, 0.29) is 38.8 Å². The number of carbonyl (C=O) groups excluding carboxylic acids is 1. The van der Waals surface area contributed by atoms with Gasteiger partial charge in [0.1, 0.15) is 0 Å². The van der Waals surface area contributed by atoms with E-state index in [9.17, 15) is 18.0 Å². The second-order valence-corrected chi connectivity index (χ2v) is 8.51. The molecule has 3 rings (SSSR count). The molecular formula is C19H13BrCl3F3N2O2. The van der Waals surface area contributed by atoms with Crippen LogP contribution in [0.5, 0.6) is 0 Å². The van der Waals surface area contributed by atoms with Crippen molar-refractivity contribution in [3.05, 3.63) is 72.6 Å². The summed E-state index contributed by atoms with van der Waals surface area (Å²) in [4.78, 5) is 16.2. The molecule has 1 atom stereocenters. The molecule has 2 aromatic rings. The molecule has 160 valence electrons. The third-order valence-electron chi connectivity index (χ3n) is 4.39. The predicted molar refractivity (Wildman–Crippen MR) is 113 cm³/mol. The van der Waals surface area contributed by atoms with E-state index < -0.39 is 11.8 Å². The fourth-order valence-corrected chi connectivity index (χ4v) is 3.84. The summed E-state index contributed by atoms with van der Waals surface area (Å²) >= 11 is 21.1. The van der Waals surface area contributed by atoms with Gasteiger partial charge in [0.15, 0.2) is 0 Å². The molecule has 0 bridgehead atoms. The highest BCUT2D eigenvalue weighted by Crippen LogP contribution is 2.49. The number of rotatable bonds is 4. The zero-order chi connectivity index (χ0) is 22.3. The van der Waals surface area contributed by atoms with Crippen molar-refractivity contribution in [2.45, 2.75) is 25.2 Å². The van der Waals surface area contributed by atoms with Gasteiger partial charge in [-0.2, -0.15) is 13.2 Å². The molecule has 0 saturated heterocycles. The summed E-state index contributed by atoms with van der Waals surface area (Å²) in [6, 6.07) is 7.04. The normalized spacial score (nSPS) is 18.7. The molecule has 0 radical (unpaired) electrons. The molecule has 1 aliphatic rings. The maximum atomic E-state index is 14.1. The minimum absolute atomic E-state index is 0.0508. The average molecular weight is 545 g/mol. The van der Waals surface area contributed by atoms with Gasteiger partial charge in [0, 0.05) is 29.1 Å². The largest absolute Gasteiger partial charge is 0.428 e. The van der Waals surface area contributed by atoms with E-state index in [2.05, 4.69) is 26.7 Å². The summed E-state index contributed by atoms with van der Waals surface area (Å²) in [6.07, 6.45) is -3.93. The van der Waals surface area contributed by atoms with Crippen molar-refractivity contribution in [2.24, 2.45) is 0 Å². The number of nitrogens with one attached hydrogen (secondary N) is 2. The van der Waals surface area contributed by atoms with Crippen LogP contribution < -0.4 is 10.8 Å². The van der Waals surface area contributed by atoms with Crippen LogP contribution in [0.25, 0.3) is 5.70 Å². The summed E-state index contributed by atoms with van der Waals surface area (Å²) in [7, 11) is 0. The first-order valence-electron chi connectivity index (χ1n) is 8.36. The topological polar surface area (TPSA) is 50.4 Å². The lowest BCUT2D eigenvalue weighted by molar-refractivity contribution is -0.269. The summed E-state index contributed by atoms with van der Waals surface area (Å²) in [5, 5.41) is 2.33. The van der Waals surface area contributed by atoms with Crippen LogP contribution >= 0.6 is 50.7 Å². The Morgan fingerprint density at radius 3 is 2.40 bits per heavy atom. The van der Waals surface area contributed by atoms with E-state index in [0.717, 1.165) is 18.2 Å². The minimum atomic E-state index is -4.84. The Labute approximate surface area is 193 Å². The first-order valence-corrected chi connectivity index (χ1v) is 10.3. The van der Waals surface area contributed by atoms with Gasteiger partial charge in [0.05, 0.1) is 20.8 Å². The second kappa shape index (κ2) is 8.59. The zero-order valence-corrected chi connectivity index (χ0v) is 19.0. The molecule has 0 spiro atoms. The molecule has 11 heteroatoms. The molecule has 1 aliphatic heterocycles. The van der Waals surface area contributed by atoms with Crippen LogP contribution in [0.15, 0.2) is 40.9 Å². The van der Waals surface area contributed by atoms with Crippen LogP contribution in [-0.2, 0) is 21.8 Å². The molecule has 0 aliphatic carbocycles. The molecule has 2 aromatic carbocycles. The first-order chi connectivity index (χ1) is 13.9. The number of hydroxylamine groups is 1. The van der Waals surface area contributed by atoms with Gasteiger partial charge in [-0.05, 0) is 35.9 Å². The number of carbonyl (C=O) groups is 1. The van der Waals surface area contributed by atoms with Gasteiger partial charge in [-0.25, -0.2) is 0 Å². The molecular weight excluding hydrogens is 531 g/mol. The highest BCUT2D eigenvalue weighted by Gasteiger charge is 2.59. The smallest absolute Gasteiger partial charge is 0.352 e. The maximum absolute atomic E-state index is 14.1. The molecule has 0 fully saturated rings. The second-order valence-electron chi connectivity index (χ2n) is 6.47. The van der Waals surface area contributed by atoms with Crippen molar-refractivity contribution in [1.29, 1.82) is 0 Å². The fourth-order valence-electron chi connectivity index (χ4n) is 2.85. The highest BCUT2D eigenvalue weighted by atomic mass is 79.9. The third kappa shape index (κ3) is 4.43. The molecule has 4 nitrogen and oxygen atoms in total. The molecule has 0 saturated carbocycles. The van der Waals surface area contributed by atoms with Crippen LogP contribution in [0.4, 0.5) is 13.2 Å². The van der Waals surface area contributed by atoms with Gasteiger partial charge in [-0.3, -0.25) is 15.1 Å². The van der Waals surface area contributed by atoms with E-state index in [1.165, 1.54) is 6.92 Å². The molecule has 1 heterocycles. The number of benzene rings is 2. The van der Waals surface area contributed by atoms with E-state index in [4.69, 9.17) is 39.6 Å². The molecule has 30 heavy (non-hydrogen) atoms. The average Bonchev–Trinajstić information content (AvgIpc) is 3.11. The minimum Gasteiger partial charge on any atom is -0.352 e. The van der Waals surface area contributed by atoms with Gasteiger partial charge < -0.3 is 5.32 Å². The van der Waals surface area contributed by atoms with Gasteiger partial charge in [-0.15, -0.1) is 0 Å².